The van der Waals surface area contributed by atoms with Crippen LogP contribution in [0.25, 0.3) is 0 Å². The number of amides is 1. The molecule has 0 aliphatic carbocycles. The molecule has 0 heterocycles. The summed E-state index contributed by atoms with van der Waals surface area (Å²) in [5, 5.41) is 3.17. The van der Waals surface area contributed by atoms with Gasteiger partial charge in [-0.15, -0.1) is 0 Å². The van der Waals surface area contributed by atoms with Crippen molar-refractivity contribution < 1.29 is 4.79 Å². The van der Waals surface area contributed by atoms with Crippen LogP contribution in [0.15, 0.2) is 0 Å². The number of hydrogen-bond acceptors (Lipinski definition) is 1. The minimum absolute atomic E-state index is 0.0159. The second-order valence-corrected chi connectivity index (χ2v) is 5.46. The standard InChI is InChI=1S/C12H24BrNO/c1-6-12(7-2,8-3)14-11(15)10(13)9(4)5/h9-10H,6-8H2,1-5H3,(H,14,15). The van der Waals surface area contributed by atoms with E-state index in [0.717, 1.165) is 19.3 Å². The molecule has 0 aliphatic rings. The van der Waals surface area contributed by atoms with E-state index in [1.807, 2.05) is 13.8 Å². The zero-order valence-corrected chi connectivity index (χ0v) is 12.1. The van der Waals surface area contributed by atoms with Crippen molar-refractivity contribution in [2.45, 2.75) is 64.2 Å². The fraction of sp³-hybridized carbons (Fsp3) is 0.917. The molecule has 0 aromatic carbocycles. The van der Waals surface area contributed by atoms with Crippen molar-refractivity contribution >= 4 is 21.8 Å². The number of alkyl halides is 1. The average Bonchev–Trinajstić information content (AvgIpc) is 2.24. The molecule has 90 valence electrons. The Bertz CT molecular complexity index is 192. The van der Waals surface area contributed by atoms with Gasteiger partial charge in [-0.2, -0.15) is 0 Å². The number of carbonyl (C=O) groups excluding carboxylic acids is 1. The highest BCUT2D eigenvalue weighted by atomic mass is 79.9. The zero-order valence-electron chi connectivity index (χ0n) is 10.6. The lowest BCUT2D eigenvalue weighted by Crippen LogP contribution is -2.50. The van der Waals surface area contributed by atoms with Gasteiger partial charge in [0, 0.05) is 5.54 Å². The van der Waals surface area contributed by atoms with Crippen LogP contribution in [0.4, 0.5) is 0 Å². The Morgan fingerprint density at radius 3 is 1.87 bits per heavy atom. The molecule has 0 radical (unpaired) electrons. The first-order chi connectivity index (χ1) is 6.92. The SMILES string of the molecule is CCC(CC)(CC)NC(=O)C(Br)C(C)C. The molecule has 3 heteroatoms. The highest BCUT2D eigenvalue weighted by Crippen LogP contribution is 2.21. The van der Waals surface area contributed by atoms with Gasteiger partial charge in [-0.25, -0.2) is 0 Å². The smallest absolute Gasteiger partial charge is 0.234 e. The summed E-state index contributed by atoms with van der Waals surface area (Å²) in [5.74, 6) is 0.448. The molecule has 0 aliphatic heterocycles. The largest absolute Gasteiger partial charge is 0.350 e. The molecule has 2 nitrogen and oxygen atoms in total. The summed E-state index contributed by atoms with van der Waals surface area (Å²) >= 11 is 3.44. The molecule has 0 saturated carbocycles. The lowest BCUT2D eigenvalue weighted by Gasteiger charge is -2.33. The summed E-state index contributed by atoms with van der Waals surface area (Å²) in [4.78, 5) is 11.8. The molecular formula is C12H24BrNO. The van der Waals surface area contributed by atoms with E-state index in [2.05, 4.69) is 42.0 Å². The first kappa shape index (κ1) is 14.9. The van der Waals surface area contributed by atoms with Gasteiger partial charge in [-0.1, -0.05) is 50.5 Å². The highest BCUT2D eigenvalue weighted by Gasteiger charge is 2.29. The lowest BCUT2D eigenvalue weighted by molar-refractivity contribution is -0.123. The van der Waals surface area contributed by atoms with Crippen molar-refractivity contribution in [2.24, 2.45) is 5.92 Å². The molecular weight excluding hydrogens is 254 g/mol. The minimum Gasteiger partial charge on any atom is -0.350 e. The van der Waals surface area contributed by atoms with Crippen molar-refractivity contribution in [2.75, 3.05) is 0 Å². The van der Waals surface area contributed by atoms with Crippen LogP contribution in [0.2, 0.25) is 0 Å². The van der Waals surface area contributed by atoms with Gasteiger partial charge in [-0.05, 0) is 25.2 Å². The number of rotatable bonds is 6. The molecule has 15 heavy (non-hydrogen) atoms. The molecule has 1 amide bonds. The van der Waals surface area contributed by atoms with E-state index in [1.165, 1.54) is 0 Å². The summed E-state index contributed by atoms with van der Waals surface area (Å²) in [6.45, 7) is 10.5. The van der Waals surface area contributed by atoms with E-state index in [1.54, 1.807) is 0 Å². The molecule has 0 aromatic heterocycles. The first-order valence-corrected chi connectivity index (χ1v) is 6.80. The van der Waals surface area contributed by atoms with Crippen molar-refractivity contribution in [1.29, 1.82) is 0 Å². The molecule has 1 N–H and O–H groups in total. The number of carbonyl (C=O) groups is 1. The summed E-state index contributed by atoms with van der Waals surface area (Å²) in [6.07, 6.45) is 2.97. The van der Waals surface area contributed by atoms with Crippen molar-refractivity contribution in [3.63, 3.8) is 0 Å². The van der Waals surface area contributed by atoms with Crippen LogP contribution < -0.4 is 5.32 Å². The van der Waals surface area contributed by atoms with Gasteiger partial charge >= 0.3 is 0 Å². The quantitative estimate of drug-likeness (QED) is 0.740. The lowest BCUT2D eigenvalue weighted by atomic mass is 9.89. The molecule has 0 saturated heterocycles. The third-order valence-corrected chi connectivity index (χ3v) is 4.73. The van der Waals surface area contributed by atoms with Gasteiger partial charge in [0.05, 0.1) is 4.83 Å². The Kier molecular flexibility index (Phi) is 6.49. The van der Waals surface area contributed by atoms with E-state index in [0.29, 0.717) is 5.92 Å². The number of nitrogens with one attached hydrogen (secondary N) is 1. The van der Waals surface area contributed by atoms with Crippen LogP contribution in [0.1, 0.15) is 53.9 Å². The maximum atomic E-state index is 11.9. The van der Waals surface area contributed by atoms with E-state index >= 15 is 0 Å². The van der Waals surface area contributed by atoms with E-state index in [4.69, 9.17) is 0 Å². The normalized spacial score (nSPS) is 14.1. The predicted octanol–water partition coefficient (Wildman–Crippen LogP) is 3.49. The molecule has 1 atom stereocenters. The maximum absolute atomic E-state index is 11.9. The molecule has 0 bridgehead atoms. The van der Waals surface area contributed by atoms with Gasteiger partial charge in [0.1, 0.15) is 0 Å². The van der Waals surface area contributed by atoms with E-state index in [9.17, 15) is 4.79 Å². The summed E-state index contributed by atoms with van der Waals surface area (Å²) in [6, 6.07) is 0. The molecule has 1 unspecified atom stereocenters. The van der Waals surface area contributed by atoms with Crippen LogP contribution >= 0.6 is 15.9 Å². The number of hydrogen-bond donors (Lipinski definition) is 1. The average molecular weight is 278 g/mol. The van der Waals surface area contributed by atoms with Gasteiger partial charge < -0.3 is 5.32 Å². The second kappa shape index (κ2) is 6.51. The third kappa shape index (κ3) is 4.13. The summed E-state index contributed by atoms with van der Waals surface area (Å²) in [5.41, 5.74) is -0.0159. The Hall–Kier alpha value is -0.0500. The summed E-state index contributed by atoms with van der Waals surface area (Å²) in [7, 11) is 0. The van der Waals surface area contributed by atoms with Crippen molar-refractivity contribution in [3.8, 4) is 0 Å². The Balaban J connectivity index is 4.48. The fourth-order valence-electron chi connectivity index (χ4n) is 1.65. The maximum Gasteiger partial charge on any atom is 0.234 e. The van der Waals surface area contributed by atoms with Gasteiger partial charge in [0.15, 0.2) is 0 Å². The Labute approximate surface area is 102 Å². The summed E-state index contributed by atoms with van der Waals surface area (Å²) < 4.78 is 0. The van der Waals surface area contributed by atoms with Gasteiger partial charge in [0.25, 0.3) is 0 Å². The van der Waals surface area contributed by atoms with Crippen LogP contribution in [0.5, 0.6) is 0 Å². The van der Waals surface area contributed by atoms with Gasteiger partial charge in [-0.3, -0.25) is 4.79 Å². The minimum atomic E-state index is -0.0819. The van der Waals surface area contributed by atoms with Crippen LogP contribution in [-0.4, -0.2) is 16.3 Å². The second-order valence-electron chi connectivity index (χ2n) is 4.48. The monoisotopic (exact) mass is 277 g/mol. The highest BCUT2D eigenvalue weighted by molar-refractivity contribution is 9.10. The molecule has 0 fully saturated rings. The zero-order chi connectivity index (χ0) is 12.1. The van der Waals surface area contributed by atoms with Crippen molar-refractivity contribution in [3.05, 3.63) is 0 Å². The topological polar surface area (TPSA) is 29.1 Å². The molecule has 0 spiro atoms. The predicted molar refractivity (Wildman–Crippen MR) is 69.3 cm³/mol. The molecule has 0 rings (SSSR count). The Morgan fingerprint density at radius 1 is 1.20 bits per heavy atom. The third-order valence-electron chi connectivity index (χ3n) is 3.25. The van der Waals surface area contributed by atoms with E-state index in [-0.39, 0.29) is 16.3 Å². The molecule has 0 aromatic rings. The van der Waals surface area contributed by atoms with Crippen LogP contribution in [0, 0.1) is 5.92 Å². The fourth-order valence-corrected chi connectivity index (χ4v) is 1.76. The van der Waals surface area contributed by atoms with Crippen LogP contribution in [0.3, 0.4) is 0 Å². The Morgan fingerprint density at radius 2 is 1.60 bits per heavy atom. The van der Waals surface area contributed by atoms with Crippen molar-refractivity contribution in [1.82, 2.24) is 5.32 Å². The van der Waals surface area contributed by atoms with Gasteiger partial charge in [0.2, 0.25) is 5.91 Å². The first-order valence-electron chi connectivity index (χ1n) is 5.88. The van der Waals surface area contributed by atoms with E-state index < -0.39 is 0 Å². The number of halogens is 1. The van der Waals surface area contributed by atoms with Crippen LogP contribution in [-0.2, 0) is 4.79 Å².